The highest BCUT2D eigenvalue weighted by molar-refractivity contribution is 6.26. The van der Waals surface area contributed by atoms with Gasteiger partial charge in [-0.1, -0.05) is 44.0 Å². The highest BCUT2D eigenvalue weighted by Crippen LogP contribution is 2.22. The van der Waals surface area contributed by atoms with Crippen LogP contribution in [-0.2, 0) is 0 Å². The fourth-order valence-electron chi connectivity index (χ4n) is 2.16. The van der Waals surface area contributed by atoms with Crippen molar-refractivity contribution in [3.05, 3.63) is 46.8 Å². The van der Waals surface area contributed by atoms with E-state index in [1.54, 1.807) is 24.3 Å². The molecule has 0 fully saturated rings. The van der Waals surface area contributed by atoms with Crippen LogP contribution in [0.2, 0.25) is 0 Å². The Morgan fingerprint density at radius 3 is 2.32 bits per heavy atom. The second kappa shape index (κ2) is 5.69. The molecule has 0 bridgehead atoms. The van der Waals surface area contributed by atoms with Gasteiger partial charge in [-0.25, -0.2) is 0 Å². The van der Waals surface area contributed by atoms with E-state index in [9.17, 15) is 9.59 Å². The summed E-state index contributed by atoms with van der Waals surface area (Å²) >= 11 is 0. The van der Waals surface area contributed by atoms with E-state index in [4.69, 9.17) is 5.73 Å². The molecule has 0 heterocycles. The molecule has 0 aliphatic heterocycles. The van der Waals surface area contributed by atoms with Gasteiger partial charge in [-0.2, -0.15) is 0 Å². The highest BCUT2D eigenvalue weighted by Gasteiger charge is 2.30. The maximum absolute atomic E-state index is 12.3. The van der Waals surface area contributed by atoms with E-state index in [1.807, 2.05) is 0 Å². The minimum Gasteiger partial charge on any atom is -0.394 e. The molecule has 1 aliphatic carbocycles. The largest absolute Gasteiger partial charge is 0.394 e. The van der Waals surface area contributed by atoms with Crippen LogP contribution in [0.15, 0.2) is 35.7 Å². The average molecular weight is 258 g/mol. The van der Waals surface area contributed by atoms with E-state index in [0.717, 1.165) is 19.3 Å². The van der Waals surface area contributed by atoms with Crippen molar-refractivity contribution in [3.63, 3.8) is 0 Å². The molecule has 0 amide bonds. The van der Waals surface area contributed by atoms with Gasteiger partial charge in [0.15, 0.2) is 0 Å². The van der Waals surface area contributed by atoms with Crippen molar-refractivity contribution in [2.24, 2.45) is 5.73 Å². The second-order valence-corrected chi connectivity index (χ2v) is 4.63. The van der Waals surface area contributed by atoms with Gasteiger partial charge in [0, 0.05) is 17.7 Å². The van der Waals surface area contributed by atoms with E-state index >= 15 is 0 Å². The molecular formula is C15H18N2O2. The van der Waals surface area contributed by atoms with Crippen molar-refractivity contribution in [2.45, 2.75) is 26.2 Å². The molecule has 0 unspecified atom stereocenters. The number of carbonyl (C=O) groups is 2. The van der Waals surface area contributed by atoms with E-state index in [-0.39, 0.29) is 23.0 Å². The molecule has 0 radical (unpaired) electrons. The zero-order valence-electron chi connectivity index (χ0n) is 11.0. The molecule has 1 aromatic rings. The number of fused-ring (bicyclic) bond motifs is 1. The predicted molar refractivity (Wildman–Crippen MR) is 73.8 cm³/mol. The lowest BCUT2D eigenvalue weighted by atomic mass is 9.90. The topological polar surface area (TPSA) is 72.2 Å². The van der Waals surface area contributed by atoms with Gasteiger partial charge >= 0.3 is 0 Å². The summed E-state index contributed by atoms with van der Waals surface area (Å²) in [5.41, 5.74) is 6.89. The van der Waals surface area contributed by atoms with Gasteiger partial charge in [0.2, 0.25) is 11.6 Å². The number of rotatable bonds is 5. The van der Waals surface area contributed by atoms with Crippen molar-refractivity contribution in [3.8, 4) is 0 Å². The van der Waals surface area contributed by atoms with Crippen molar-refractivity contribution in [1.29, 1.82) is 0 Å². The van der Waals surface area contributed by atoms with Crippen LogP contribution in [0.4, 0.5) is 0 Å². The molecule has 2 rings (SSSR count). The van der Waals surface area contributed by atoms with Crippen molar-refractivity contribution >= 4 is 11.6 Å². The number of carbonyl (C=O) groups excluding carboxylic acids is 2. The Balaban J connectivity index is 2.22. The number of ketones is 2. The van der Waals surface area contributed by atoms with E-state index in [2.05, 4.69) is 12.2 Å². The first-order valence-electron chi connectivity index (χ1n) is 6.58. The molecule has 3 N–H and O–H groups in total. The molecule has 0 spiro atoms. The Labute approximate surface area is 112 Å². The fourth-order valence-corrected chi connectivity index (χ4v) is 2.16. The molecule has 19 heavy (non-hydrogen) atoms. The Morgan fingerprint density at radius 1 is 1.05 bits per heavy atom. The number of nitrogens with two attached hydrogens (primary N) is 1. The molecular weight excluding hydrogens is 240 g/mol. The zero-order chi connectivity index (χ0) is 13.8. The number of benzene rings is 1. The lowest BCUT2D eigenvalue weighted by Gasteiger charge is -2.19. The lowest BCUT2D eigenvalue weighted by molar-refractivity contribution is 0.0967. The summed E-state index contributed by atoms with van der Waals surface area (Å²) in [5.74, 6) is -0.461. The summed E-state index contributed by atoms with van der Waals surface area (Å²) in [5, 5.41) is 3.01. The molecule has 1 aromatic carbocycles. The van der Waals surface area contributed by atoms with Gasteiger partial charge < -0.3 is 11.1 Å². The van der Waals surface area contributed by atoms with E-state index < -0.39 is 0 Å². The lowest BCUT2D eigenvalue weighted by Crippen LogP contribution is -2.34. The maximum Gasteiger partial charge on any atom is 0.211 e. The van der Waals surface area contributed by atoms with Gasteiger partial charge in [-0.15, -0.1) is 0 Å². The summed E-state index contributed by atoms with van der Waals surface area (Å²) < 4.78 is 0. The molecule has 0 aromatic heterocycles. The van der Waals surface area contributed by atoms with Crippen LogP contribution in [0.25, 0.3) is 0 Å². The van der Waals surface area contributed by atoms with Gasteiger partial charge in [-0.3, -0.25) is 9.59 Å². The standard InChI is InChI=1S/C15H18N2O2/c1-2-3-6-9-17-13-12(16)14(18)10-7-4-5-8-11(10)15(13)19/h4-5,7-8,17H,2-3,6,9,16H2,1H3. The van der Waals surface area contributed by atoms with Gasteiger partial charge in [0.05, 0.1) is 0 Å². The van der Waals surface area contributed by atoms with E-state index in [1.165, 1.54) is 0 Å². The van der Waals surface area contributed by atoms with Crippen molar-refractivity contribution in [1.82, 2.24) is 5.32 Å². The summed E-state index contributed by atoms with van der Waals surface area (Å²) in [6, 6.07) is 6.78. The molecule has 100 valence electrons. The number of hydrogen-bond acceptors (Lipinski definition) is 4. The minimum absolute atomic E-state index is 0.0280. The number of Topliss-reactive ketones (excluding diaryl/α,β-unsaturated/α-hetero) is 2. The first-order valence-corrected chi connectivity index (χ1v) is 6.58. The summed E-state index contributed by atoms with van der Waals surface area (Å²) in [4.78, 5) is 24.4. The van der Waals surface area contributed by atoms with Crippen LogP contribution in [0.5, 0.6) is 0 Å². The fraction of sp³-hybridized carbons (Fsp3) is 0.333. The van der Waals surface area contributed by atoms with Crippen LogP contribution in [0.3, 0.4) is 0 Å². The maximum atomic E-state index is 12.3. The van der Waals surface area contributed by atoms with Crippen LogP contribution in [-0.4, -0.2) is 18.1 Å². The van der Waals surface area contributed by atoms with Crippen LogP contribution < -0.4 is 11.1 Å². The molecule has 4 heteroatoms. The zero-order valence-corrected chi connectivity index (χ0v) is 11.0. The van der Waals surface area contributed by atoms with Crippen molar-refractivity contribution in [2.75, 3.05) is 6.54 Å². The first-order chi connectivity index (χ1) is 9.16. The quantitative estimate of drug-likeness (QED) is 0.792. The van der Waals surface area contributed by atoms with E-state index in [0.29, 0.717) is 17.7 Å². The third-order valence-electron chi connectivity index (χ3n) is 3.24. The summed E-state index contributed by atoms with van der Waals surface area (Å²) in [6.45, 7) is 2.77. The predicted octanol–water partition coefficient (Wildman–Crippen LogP) is 2.02. The summed E-state index contributed by atoms with van der Waals surface area (Å²) in [6.07, 6.45) is 3.14. The normalized spacial score (nSPS) is 14.6. The molecule has 0 saturated heterocycles. The van der Waals surface area contributed by atoms with Gasteiger partial charge in [0.25, 0.3) is 0 Å². The first kappa shape index (κ1) is 13.3. The Hall–Kier alpha value is -2.10. The SMILES string of the molecule is CCCCCNC1=C(N)C(=O)c2ccccc2C1=O. The number of hydrogen-bond donors (Lipinski definition) is 2. The molecule has 0 saturated carbocycles. The number of unbranched alkanes of at least 4 members (excludes halogenated alkanes) is 2. The average Bonchev–Trinajstić information content (AvgIpc) is 2.44. The number of allylic oxidation sites excluding steroid dienone is 2. The Kier molecular flexibility index (Phi) is 4.00. The molecule has 1 aliphatic rings. The summed E-state index contributed by atoms with van der Waals surface area (Å²) in [7, 11) is 0. The van der Waals surface area contributed by atoms with Crippen LogP contribution in [0.1, 0.15) is 46.9 Å². The third-order valence-corrected chi connectivity index (χ3v) is 3.24. The number of nitrogens with one attached hydrogen (secondary N) is 1. The molecule has 4 nitrogen and oxygen atoms in total. The highest BCUT2D eigenvalue weighted by atomic mass is 16.1. The van der Waals surface area contributed by atoms with Gasteiger partial charge in [0.1, 0.15) is 11.4 Å². The van der Waals surface area contributed by atoms with Gasteiger partial charge in [-0.05, 0) is 6.42 Å². The van der Waals surface area contributed by atoms with Crippen molar-refractivity contribution < 1.29 is 9.59 Å². The Bertz CT molecular complexity index is 547. The smallest absolute Gasteiger partial charge is 0.211 e. The minimum atomic E-state index is -0.270. The third kappa shape index (κ3) is 2.52. The second-order valence-electron chi connectivity index (χ2n) is 4.63. The van der Waals surface area contributed by atoms with Crippen LogP contribution in [0, 0.1) is 0 Å². The molecule has 0 atom stereocenters. The monoisotopic (exact) mass is 258 g/mol. The Morgan fingerprint density at radius 2 is 1.68 bits per heavy atom. The van der Waals surface area contributed by atoms with Crippen LogP contribution >= 0.6 is 0 Å².